The second kappa shape index (κ2) is 6.24. The molecule has 0 aromatic heterocycles. The van der Waals surface area contributed by atoms with Crippen molar-refractivity contribution >= 4 is 11.9 Å². The Kier molecular flexibility index (Phi) is 4.94. The molecule has 0 aliphatic carbocycles. The zero-order chi connectivity index (χ0) is 14.5. The van der Waals surface area contributed by atoms with Crippen molar-refractivity contribution < 1.29 is 28.2 Å². The fraction of sp³-hybridized carbons (Fsp3) is 0.333. The van der Waals surface area contributed by atoms with Crippen molar-refractivity contribution in [3.05, 3.63) is 35.9 Å². The molecule has 5 nitrogen and oxygen atoms in total. The molecule has 0 saturated heterocycles. The molecule has 7 heteroatoms. The minimum absolute atomic E-state index is 0.397. The number of ether oxygens (including phenoxy) is 1. The van der Waals surface area contributed by atoms with E-state index in [1.54, 1.807) is 5.32 Å². The number of alkyl halides is 2. The average molecular weight is 273 g/mol. The number of carbonyl (C=O) groups is 2. The Labute approximate surface area is 108 Å². The number of nitrogens with one attached hydrogen (secondary N) is 1. The Morgan fingerprint density at radius 1 is 1.37 bits per heavy atom. The summed E-state index contributed by atoms with van der Waals surface area (Å²) in [6.07, 6.45) is 0. The molecule has 0 saturated carbocycles. The highest BCUT2D eigenvalue weighted by molar-refractivity contribution is 5.89. The number of rotatable bonds is 6. The summed E-state index contributed by atoms with van der Waals surface area (Å²) in [5.74, 6) is -6.93. The number of aliphatic carboxylic acids is 1. The summed E-state index contributed by atoms with van der Waals surface area (Å²) in [6.45, 7) is -0.397. The molecule has 1 amide bonds. The van der Waals surface area contributed by atoms with Crippen LogP contribution in [0.4, 0.5) is 8.78 Å². The number of benzene rings is 1. The van der Waals surface area contributed by atoms with E-state index >= 15 is 0 Å². The van der Waals surface area contributed by atoms with E-state index in [0.29, 0.717) is 0 Å². The SMILES string of the molecule is COCC(NC(=O)C(F)(F)c1ccccc1)C(=O)O. The van der Waals surface area contributed by atoms with Crippen LogP contribution in [-0.2, 0) is 20.2 Å². The highest BCUT2D eigenvalue weighted by Crippen LogP contribution is 2.27. The number of methoxy groups -OCH3 is 1. The molecule has 0 aliphatic heterocycles. The monoisotopic (exact) mass is 273 g/mol. The summed E-state index contributed by atoms with van der Waals surface area (Å²) in [6, 6.07) is 4.91. The Morgan fingerprint density at radius 2 is 1.95 bits per heavy atom. The smallest absolute Gasteiger partial charge is 0.349 e. The molecule has 1 aromatic rings. The van der Waals surface area contributed by atoms with E-state index in [4.69, 9.17) is 5.11 Å². The Bertz CT molecular complexity index is 450. The number of amides is 1. The van der Waals surface area contributed by atoms with E-state index in [1.165, 1.54) is 25.3 Å². The van der Waals surface area contributed by atoms with Crippen LogP contribution in [0.3, 0.4) is 0 Å². The van der Waals surface area contributed by atoms with Crippen LogP contribution in [0.2, 0.25) is 0 Å². The maximum absolute atomic E-state index is 13.8. The average Bonchev–Trinajstić information content (AvgIpc) is 2.38. The van der Waals surface area contributed by atoms with Crippen molar-refractivity contribution in [1.82, 2.24) is 5.32 Å². The fourth-order valence-corrected chi connectivity index (χ4v) is 1.37. The molecule has 0 radical (unpaired) electrons. The predicted octanol–water partition coefficient (Wildman–Crippen LogP) is 0.994. The Balaban J connectivity index is 2.84. The van der Waals surface area contributed by atoms with Gasteiger partial charge >= 0.3 is 11.9 Å². The molecule has 0 aliphatic rings. The quantitative estimate of drug-likeness (QED) is 0.810. The molecule has 1 atom stereocenters. The third-order valence-corrected chi connectivity index (χ3v) is 2.36. The molecule has 1 unspecified atom stereocenters. The van der Waals surface area contributed by atoms with Crippen LogP contribution >= 0.6 is 0 Å². The molecular formula is C12H13F2NO4. The van der Waals surface area contributed by atoms with Crippen molar-refractivity contribution in [2.75, 3.05) is 13.7 Å². The highest BCUT2D eigenvalue weighted by Gasteiger charge is 2.42. The van der Waals surface area contributed by atoms with E-state index in [9.17, 15) is 18.4 Å². The summed E-state index contributed by atoms with van der Waals surface area (Å²) >= 11 is 0. The van der Waals surface area contributed by atoms with Crippen LogP contribution in [0.25, 0.3) is 0 Å². The van der Waals surface area contributed by atoms with E-state index in [-0.39, 0.29) is 0 Å². The van der Waals surface area contributed by atoms with Crippen molar-refractivity contribution in [2.24, 2.45) is 0 Å². The van der Waals surface area contributed by atoms with Gasteiger partial charge in [0.2, 0.25) is 0 Å². The lowest BCUT2D eigenvalue weighted by Crippen LogP contribution is -2.49. The van der Waals surface area contributed by atoms with Crippen LogP contribution in [0.5, 0.6) is 0 Å². The van der Waals surface area contributed by atoms with Crippen molar-refractivity contribution in [1.29, 1.82) is 0 Å². The van der Waals surface area contributed by atoms with E-state index in [2.05, 4.69) is 4.74 Å². The summed E-state index contributed by atoms with van der Waals surface area (Å²) < 4.78 is 32.1. The van der Waals surface area contributed by atoms with Crippen LogP contribution in [-0.4, -0.2) is 36.7 Å². The molecule has 0 spiro atoms. The van der Waals surface area contributed by atoms with Crippen LogP contribution < -0.4 is 5.32 Å². The standard InChI is InChI=1S/C12H13F2NO4/c1-19-7-9(10(16)17)15-11(18)12(13,14)8-5-3-2-4-6-8/h2-6,9H,7H2,1H3,(H,15,18)(H,16,17). The first-order chi connectivity index (χ1) is 8.89. The van der Waals surface area contributed by atoms with Gasteiger partial charge in [0.15, 0.2) is 6.04 Å². The van der Waals surface area contributed by atoms with Gasteiger partial charge in [0.05, 0.1) is 6.61 Å². The molecule has 104 valence electrons. The second-order valence-corrected chi connectivity index (χ2v) is 3.76. The molecule has 0 bridgehead atoms. The molecule has 19 heavy (non-hydrogen) atoms. The maximum Gasteiger partial charge on any atom is 0.349 e. The van der Waals surface area contributed by atoms with Crippen molar-refractivity contribution in [2.45, 2.75) is 12.0 Å². The van der Waals surface area contributed by atoms with Gasteiger partial charge in [-0.15, -0.1) is 0 Å². The fourth-order valence-electron chi connectivity index (χ4n) is 1.37. The lowest BCUT2D eigenvalue weighted by molar-refractivity contribution is -0.153. The summed E-state index contributed by atoms with van der Waals surface area (Å²) in [5, 5.41) is 10.5. The number of hydrogen-bond donors (Lipinski definition) is 2. The predicted molar refractivity (Wildman–Crippen MR) is 61.8 cm³/mol. The Hall–Kier alpha value is -2.02. The molecule has 1 rings (SSSR count). The minimum atomic E-state index is -3.80. The number of carboxylic acid groups (broad SMARTS) is 1. The van der Waals surface area contributed by atoms with Crippen LogP contribution in [0.15, 0.2) is 30.3 Å². The summed E-state index contributed by atoms with van der Waals surface area (Å²) in [7, 11) is 1.21. The third kappa shape index (κ3) is 3.72. The van der Waals surface area contributed by atoms with Gasteiger partial charge in [0.25, 0.3) is 5.91 Å². The zero-order valence-corrected chi connectivity index (χ0v) is 10.1. The number of carbonyl (C=O) groups excluding carboxylic acids is 1. The van der Waals surface area contributed by atoms with Crippen molar-refractivity contribution in [3.63, 3.8) is 0 Å². The first kappa shape index (κ1) is 15.0. The highest BCUT2D eigenvalue weighted by atomic mass is 19.3. The molecule has 0 heterocycles. The van der Waals surface area contributed by atoms with Gasteiger partial charge in [0.1, 0.15) is 0 Å². The molecule has 0 fully saturated rings. The second-order valence-electron chi connectivity index (χ2n) is 3.76. The summed E-state index contributed by atoms with van der Waals surface area (Å²) in [4.78, 5) is 22.2. The van der Waals surface area contributed by atoms with Gasteiger partial charge in [-0.3, -0.25) is 4.79 Å². The van der Waals surface area contributed by atoms with Crippen LogP contribution in [0.1, 0.15) is 5.56 Å². The van der Waals surface area contributed by atoms with E-state index in [0.717, 1.165) is 12.1 Å². The lowest BCUT2D eigenvalue weighted by atomic mass is 10.1. The molecule has 2 N–H and O–H groups in total. The maximum atomic E-state index is 13.8. The topological polar surface area (TPSA) is 75.6 Å². The number of halogens is 2. The Morgan fingerprint density at radius 3 is 2.42 bits per heavy atom. The summed E-state index contributed by atoms with van der Waals surface area (Å²) in [5.41, 5.74) is -0.506. The third-order valence-electron chi connectivity index (χ3n) is 2.36. The normalized spacial score (nSPS) is 12.8. The molecule has 1 aromatic carbocycles. The lowest BCUT2D eigenvalue weighted by Gasteiger charge is -2.19. The van der Waals surface area contributed by atoms with Gasteiger partial charge in [-0.25, -0.2) is 4.79 Å². The number of carboxylic acids is 1. The van der Waals surface area contributed by atoms with Crippen LogP contribution in [0, 0.1) is 0 Å². The van der Waals surface area contributed by atoms with Crippen molar-refractivity contribution in [3.8, 4) is 0 Å². The zero-order valence-electron chi connectivity index (χ0n) is 10.1. The van der Waals surface area contributed by atoms with Gasteiger partial charge in [-0.2, -0.15) is 8.78 Å². The minimum Gasteiger partial charge on any atom is -0.480 e. The van der Waals surface area contributed by atoms with Gasteiger partial charge in [-0.1, -0.05) is 30.3 Å². The van der Waals surface area contributed by atoms with Gasteiger partial charge < -0.3 is 15.2 Å². The largest absolute Gasteiger partial charge is 0.480 e. The first-order valence-corrected chi connectivity index (χ1v) is 5.35. The van der Waals surface area contributed by atoms with E-state index < -0.39 is 36.0 Å². The molecular weight excluding hydrogens is 260 g/mol. The number of hydrogen-bond acceptors (Lipinski definition) is 3. The first-order valence-electron chi connectivity index (χ1n) is 5.35. The van der Waals surface area contributed by atoms with Gasteiger partial charge in [-0.05, 0) is 0 Å². The van der Waals surface area contributed by atoms with Gasteiger partial charge in [0, 0.05) is 12.7 Å². The van der Waals surface area contributed by atoms with E-state index in [1.807, 2.05) is 0 Å².